The molecule has 0 aliphatic carbocycles. The van der Waals surface area contributed by atoms with E-state index in [9.17, 15) is 0 Å². The quantitative estimate of drug-likeness (QED) is 0.673. The third kappa shape index (κ3) is 2.35. The van der Waals surface area contributed by atoms with Gasteiger partial charge in [0, 0.05) is 22.2 Å². The molecule has 19 heavy (non-hydrogen) atoms. The third-order valence-corrected chi connectivity index (χ3v) is 3.88. The van der Waals surface area contributed by atoms with Gasteiger partial charge in [-0.1, -0.05) is 39.7 Å². The molecule has 0 N–H and O–H groups in total. The Morgan fingerprint density at radius 2 is 2.00 bits per heavy atom. The summed E-state index contributed by atoms with van der Waals surface area (Å²) < 4.78 is 2.62. The lowest BCUT2D eigenvalue weighted by Crippen LogP contribution is -2.03. The summed E-state index contributed by atoms with van der Waals surface area (Å²) in [6, 6.07) is 8.15. The molecule has 0 saturated heterocycles. The zero-order valence-corrected chi connectivity index (χ0v) is 12.5. The predicted octanol–water partition coefficient (Wildman–Crippen LogP) is 3.44. The molecule has 3 aromatic rings. The number of nitrogens with zero attached hydrogens (tertiary/aromatic N) is 4. The van der Waals surface area contributed by atoms with E-state index in [1.165, 1.54) is 11.9 Å². The standard InChI is InChI=1S/C13H10BrClN4/c1-8-11(6-9-2-4-10(14)5-3-9)12(15)19-13(18-8)16-7-17-19/h2-5,7H,6H2,1H3. The monoisotopic (exact) mass is 336 g/mol. The van der Waals surface area contributed by atoms with Gasteiger partial charge in [-0.2, -0.15) is 14.6 Å². The molecule has 0 radical (unpaired) electrons. The van der Waals surface area contributed by atoms with Crippen molar-refractivity contribution in [2.75, 3.05) is 0 Å². The highest BCUT2D eigenvalue weighted by Gasteiger charge is 2.12. The van der Waals surface area contributed by atoms with Crippen molar-refractivity contribution in [1.29, 1.82) is 0 Å². The van der Waals surface area contributed by atoms with Crippen LogP contribution in [0, 0.1) is 6.92 Å². The van der Waals surface area contributed by atoms with Crippen molar-refractivity contribution in [2.45, 2.75) is 13.3 Å². The maximum atomic E-state index is 6.38. The largest absolute Gasteiger partial charge is 0.253 e. The average molecular weight is 338 g/mol. The molecule has 0 aliphatic rings. The number of aromatic nitrogens is 4. The molecule has 0 aliphatic heterocycles. The number of hydrogen-bond donors (Lipinski definition) is 0. The van der Waals surface area contributed by atoms with Gasteiger partial charge in [-0.05, 0) is 24.6 Å². The van der Waals surface area contributed by atoms with Gasteiger partial charge >= 0.3 is 0 Å². The van der Waals surface area contributed by atoms with E-state index in [-0.39, 0.29) is 0 Å². The molecule has 6 heteroatoms. The Morgan fingerprint density at radius 3 is 2.74 bits per heavy atom. The molecule has 0 amide bonds. The van der Waals surface area contributed by atoms with Crippen LogP contribution < -0.4 is 0 Å². The Morgan fingerprint density at radius 1 is 1.26 bits per heavy atom. The molecule has 96 valence electrons. The van der Waals surface area contributed by atoms with Gasteiger partial charge in [0.1, 0.15) is 11.5 Å². The van der Waals surface area contributed by atoms with Crippen molar-refractivity contribution < 1.29 is 0 Å². The number of aryl methyl sites for hydroxylation is 1. The van der Waals surface area contributed by atoms with Gasteiger partial charge in [-0.3, -0.25) is 0 Å². The molecule has 0 unspecified atom stereocenters. The van der Waals surface area contributed by atoms with Gasteiger partial charge < -0.3 is 0 Å². The van der Waals surface area contributed by atoms with E-state index < -0.39 is 0 Å². The SMILES string of the molecule is Cc1nc2ncnn2c(Cl)c1Cc1ccc(Br)cc1. The lowest BCUT2D eigenvalue weighted by atomic mass is 10.1. The molecule has 3 rings (SSSR count). The lowest BCUT2D eigenvalue weighted by Gasteiger charge is -2.09. The summed E-state index contributed by atoms with van der Waals surface area (Å²) in [4.78, 5) is 8.46. The van der Waals surface area contributed by atoms with Crippen molar-refractivity contribution >= 4 is 33.3 Å². The van der Waals surface area contributed by atoms with Crippen LogP contribution in [0.5, 0.6) is 0 Å². The number of fused-ring (bicyclic) bond motifs is 1. The van der Waals surface area contributed by atoms with Crippen LogP contribution in [0.3, 0.4) is 0 Å². The second kappa shape index (κ2) is 4.90. The minimum absolute atomic E-state index is 0.530. The van der Waals surface area contributed by atoms with Gasteiger partial charge in [-0.15, -0.1) is 0 Å². The van der Waals surface area contributed by atoms with Crippen molar-refractivity contribution in [3.05, 3.63) is 57.0 Å². The van der Waals surface area contributed by atoms with Crippen LogP contribution >= 0.6 is 27.5 Å². The molecule has 2 heterocycles. The van der Waals surface area contributed by atoms with Crippen molar-refractivity contribution in [3.63, 3.8) is 0 Å². The topological polar surface area (TPSA) is 43.1 Å². The zero-order valence-electron chi connectivity index (χ0n) is 10.1. The van der Waals surface area contributed by atoms with E-state index in [1.54, 1.807) is 4.52 Å². The third-order valence-electron chi connectivity index (χ3n) is 2.96. The molecule has 0 fully saturated rings. The molecule has 0 saturated carbocycles. The van der Waals surface area contributed by atoms with Crippen LogP contribution in [0.1, 0.15) is 16.8 Å². The Labute approximate surface area is 123 Å². The Hall–Kier alpha value is -1.46. The van der Waals surface area contributed by atoms with Crippen LogP contribution in [-0.4, -0.2) is 19.6 Å². The van der Waals surface area contributed by atoms with E-state index >= 15 is 0 Å². The predicted molar refractivity (Wildman–Crippen MR) is 77.5 cm³/mol. The first-order valence-corrected chi connectivity index (χ1v) is 6.91. The molecule has 0 spiro atoms. The van der Waals surface area contributed by atoms with Crippen molar-refractivity contribution in [2.24, 2.45) is 0 Å². The van der Waals surface area contributed by atoms with Crippen LogP contribution in [0.2, 0.25) is 5.15 Å². The normalized spacial score (nSPS) is 11.1. The van der Waals surface area contributed by atoms with Crippen molar-refractivity contribution in [1.82, 2.24) is 19.6 Å². The van der Waals surface area contributed by atoms with Crippen LogP contribution in [0.25, 0.3) is 5.78 Å². The summed E-state index contributed by atoms with van der Waals surface area (Å²) in [6.45, 7) is 1.94. The molecule has 4 nitrogen and oxygen atoms in total. The fourth-order valence-corrected chi connectivity index (χ4v) is 2.54. The van der Waals surface area contributed by atoms with Gasteiger partial charge in [0.15, 0.2) is 0 Å². The fraction of sp³-hybridized carbons (Fsp3) is 0.154. The van der Waals surface area contributed by atoms with E-state index in [2.05, 4.69) is 43.1 Å². The highest BCUT2D eigenvalue weighted by molar-refractivity contribution is 9.10. The van der Waals surface area contributed by atoms with E-state index in [0.717, 1.165) is 22.2 Å². The number of benzene rings is 1. The summed E-state index contributed by atoms with van der Waals surface area (Å²) >= 11 is 9.81. The van der Waals surface area contributed by atoms with Gasteiger partial charge in [-0.25, -0.2) is 4.98 Å². The highest BCUT2D eigenvalue weighted by atomic mass is 79.9. The van der Waals surface area contributed by atoms with Gasteiger partial charge in [0.25, 0.3) is 5.78 Å². The van der Waals surface area contributed by atoms with Crippen LogP contribution in [0.15, 0.2) is 35.1 Å². The van der Waals surface area contributed by atoms with Crippen LogP contribution in [0.4, 0.5) is 0 Å². The van der Waals surface area contributed by atoms with Gasteiger partial charge in [0.2, 0.25) is 0 Å². The molecule has 1 aromatic carbocycles. The summed E-state index contributed by atoms with van der Waals surface area (Å²) in [5, 5.41) is 4.65. The smallest absolute Gasteiger partial charge is 0.216 e. The van der Waals surface area contributed by atoms with Crippen molar-refractivity contribution in [3.8, 4) is 0 Å². The van der Waals surface area contributed by atoms with E-state index in [1.807, 2.05) is 19.1 Å². The Kier molecular flexibility index (Phi) is 3.24. The summed E-state index contributed by atoms with van der Waals surface area (Å²) in [5.74, 6) is 0.530. The molecule has 0 bridgehead atoms. The second-order valence-electron chi connectivity index (χ2n) is 4.24. The molecular weight excluding hydrogens is 328 g/mol. The maximum Gasteiger partial charge on any atom is 0.253 e. The Bertz CT molecular complexity index is 736. The number of rotatable bonds is 2. The number of halogens is 2. The van der Waals surface area contributed by atoms with Gasteiger partial charge in [0.05, 0.1) is 0 Å². The molecular formula is C13H10BrClN4. The Balaban J connectivity index is 2.06. The molecule has 2 aromatic heterocycles. The highest BCUT2D eigenvalue weighted by Crippen LogP contribution is 2.23. The second-order valence-corrected chi connectivity index (χ2v) is 5.52. The minimum Gasteiger partial charge on any atom is -0.216 e. The first-order chi connectivity index (χ1) is 9.15. The van der Waals surface area contributed by atoms with E-state index in [4.69, 9.17) is 11.6 Å². The average Bonchev–Trinajstić information content (AvgIpc) is 2.85. The maximum absolute atomic E-state index is 6.38. The van der Waals surface area contributed by atoms with E-state index in [0.29, 0.717) is 10.9 Å². The fourth-order valence-electron chi connectivity index (χ4n) is 1.95. The summed E-state index contributed by atoms with van der Waals surface area (Å²) in [6.07, 6.45) is 2.18. The summed E-state index contributed by atoms with van der Waals surface area (Å²) in [7, 11) is 0. The minimum atomic E-state index is 0.530. The summed E-state index contributed by atoms with van der Waals surface area (Å²) in [5.41, 5.74) is 3.03. The molecule has 0 atom stereocenters. The number of hydrogen-bond acceptors (Lipinski definition) is 3. The lowest BCUT2D eigenvalue weighted by molar-refractivity contribution is 0.901. The zero-order chi connectivity index (χ0) is 13.4. The first kappa shape index (κ1) is 12.6. The first-order valence-electron chi connectivity index (χ1n) is 5.74. The van der Waals surface area contributed by atoms with Crippen LogP contribution in [-0.2, 0) is 6.42 Å².